The molecule has 2 amide bonds. The van der Waals surface area contributed by atoms with Crippen LogP contribution < -0.4 is 10.9 Å². The molecule has 0 bridgehead atoms. The first-order valence-electron chi connectivity index (χ1n) is 7.69. The Bertz CT molecular complexity index is 896. The lowest BCUT2D eigenvalue weighted by Crippen LogP contribution is -2.42. The van der Waals surface area contributed by atoms with E-state index in [0.717, 1.165) is 11.3 Å². The fourth-order valence-electron chi connectivity index (χ4n) is 2.32. The number of carbonyl (C=O) groups is 2. The Balaban J connectivity index is 1.69. The molecule has 2 heterocycles. The maximum atomic E-state index is 12.3. The first-order chi connectivity index (χ1) is 12.1. The van der Waals surface area contributed by atoms with Crippen molar-refractivity contribution in [3.63, 3.8) is 0 Å². The molecule has 25 heavy (non-hydrogen) atoms. The zero-order valence-corrected chi connectivity index (χ0v) is 13.6. The number of nitrogens with one attached hydrogen (secondary N) is 2. The molecule has 0 spiro atoms. The van der Waals surface area contributed by atoms with Crippen LogP contribution in [-0.2, 0) is 0 Å². The van der Waals surface area contributed by atoms with Crippen molar-refractivity contribution >= 4 is 11.8 Å². The summed E-state index contributed by atoms with van der Waals surface area (Å²) in [4.78, 5) is 32.5. The van der Waals surface area contributed by atoms with Crippen LogP contribution >= 0.6 is 0 Å². The van der Waals surface area contributed by atoms with Crippen molar-refractivity contribution in [1.82, 2.24) is 20.8 Å². The van der Waals surface area contributed by atoms with E-state index in [-0.39, 0.29) is 0 Å². The topological polar surface area (TPSA) is 84.0 Å². The fourth-order valence-corrected chi connectivity index (χ4v) is 2.32. The van der Waals surface area contributed by atoms with Crippen molar-refractivity contribution in [2.45, 2.75) is 6.92 Å². The number of hydrogen-bond donors (Lipinski definition) is 2. The van der Waals surface area contributed by atoms with Crippen LogP contribution in [0.5, 0.6) is 0 Å². The van der Waals surface area contributed by atoms with E-state index < -0.39 is 11.8 Å². The summed E-state index contributed by atoms with van der Waals surface area (Å²) in [6, 6.07) is 16.4. The SMILES string of the molecule is Cc1nc(-c2ccccc2)ccc1C(=O)NNC(=O)c1cccnc1. The van der Waals surface area contributed by atoms with Crippen LogP contribution in [0.1, 0.15) is 26.4 Å². The normalized spacial score (nSPS) is 10.1. The number of hydrogen-bond acceptors (Lipinski definition) is 4. The second kappa shape index (κ2) is 7.35. The third kappa shape index (κ3) is 3.87. The molecule has 0 atom stereocenters. The van der Waals surface area contributed by atoms with Crippen LogP contribution in [0.2, 0.25) is 0 Å². The van der Waals surface area contributed by atoms with E-state index in [1.54, 1.807) is 37.4 Å². The van der Waals surface area contributed by atoms with E-state index in [1.807, 2.05) is 30.3 Å². The van der Waals surface area contributed by atoms with Crippen LogP contribution in [0, 0.1) is 6.92 Å². The summed E-state index contributed by atoms with van der Waals surface area (Å²) in [6.07, 6.45) is 2.99. The maximum absolute atomic E-state index is 12.3. The molecule has 0 fully saturated rings. The molecule has 2 N–H and O–H groups in total. The quantitative estimate of drug-likeness (QED) is 0.722. The zero-order valence-electron chi connectivity index (χ0n) is 13.6. The molecule has 0 saturated heterocycles. The molecule has 0 saturated carbocycles. The van der Waals surface area contributed by atoms with Gasteiger partial charge in [-0.05, 0) is 31.2 Å². The van der Waals surface area contributed by atoms with E-state index in [2.05, 4.69) is 20.8 Å². The van der Waals surface area contributed by atoms with Gasteiger partial charge in [0, 0.05) is 18.0 Å². The van der Waals surface area contributed by atoms with Crippen LogP contribution in [0.25, 0.3) is 11.3 Å². The van der Waals surface area contributed by atoms with E-state index in [1.165, 1.54) is 6.20 Å². The minimum absolute atomic E-state index is 0.358. The molecular weight excluding hydrogens is 316 g/mol. The minimum Gasteiger partial charge on any atom is -0.267 e. The van der Waals surface area contributed by atoms with Gasteiger partial charge < -0.3 is 0 Å². The van der Waals surface area contributed by atoms with Gasteiger partial charge in [-0.15, -0.1) is 0 Å². The molecule has 2 aromatic heterocycles. The smallest absolute Gasteiger partial charge is 0.267 e. The second-order valence-corrected chi connectivity index (χ2v) is 5.35. The number of amides is 2. The highest BCUT2D eigenvalue weighted by molar-refractivity contribution is 5.99. The van der Waals surface area contributed by atoms with Crippen molar-refractivity contribution in [3.8, 4) is 11.3 Å². The van der Waals surface area contributed by atoms with Crippen LogP contribution in [-0.4, -0.2) is 21.8 Å². The monoisotopic (exact) mass is 332 g/mol. The highest BCUT2D eigenvalue weighted by Crippen LogP contribution is 2.18. The Kier molecular flexibility index (Phi) is 4.80. The fraction of sp³-hybridized carbons (Fsp3) is 0.0526. The standard InChI is InChI=1S/C19H16N4O2/c1-13-16(9-10-17(21-13)14-6-3-2-4-7-14)19(25)23-22-18(24)15-8-5-11-20-12-15/h2-12H,1H3,(H,22,24)(H,23,25). The minimum atomic E-state index is -0.437. The lowest BCUT2D eigenvalue weighted by Gasteiger charge is -2.10. The van der Waals surface area contributed by atoms with Crippen molar-refractivity contribution in [1.29, 1.82) is 0 Å². The summed E-state index contributed by atoms with van der Waals surface area (Å²) in [5, 5.41) is 0. The summed E-state index contributed by atoms with van der Waals surface area (Å²) >= 11 is 0. The summed E-state index contributed by atoms with van der Waals surface area (Å²) < 4.78 is 0. The second-order valence-electron chi connectivity index (χ2n) is 5.35. The van der Waals surface area contributed by atoms with E-state index >= 15 is 0 Å². The van der Waals surface area contributed by atoms with Gasteiger partial charge in [0.2, 0.25) is 0 Å². The van der Waals surface area contributed by atoms with Gasteiger partial charge in [-0.25, -0.2) is 0 Å². The Labute approximate surface area is 144 Å². The molecule has 0 unspecified atom stereocenters. The van der Waals surface area contributed by atoms with Gasteiger partial charge in [-0.1, -0.05) is 30.3 Å². The number of aryl methyl sites for hydroxylation is 1. The first-order valence-corrected chi connectivity index (χ1v) is 7.69. The Morgan fingerprint density at radius 1 is 0.880 bits per heavy atom. The van der Waals surface area contributed by atoms with Crippen LogP contribution in [0.15, 0.2) is 67.0 Å². The van der Waals surface area contributed by atoms with Gasteiger partial charge in [-0.3, -0.25) is 30.4 Å². The highest BCUT2D eigenvalue weighted by atomic mass is 16.2. The molecule has 1 aromatic carbocycles. The maximum Gasteiger partial charge on any atom is 0.271 e. The van der Waals surface area contributed by atoms with E-state index in [4.69, 9.17) is 0 Å². The van der Waals surface area contributed by atoms with Gasteiger partial charge in [0.05, 0.1) is 22.5 Å². The largest absolute Gasteiger partial charge is 0.271 e. The molecule has 3 rings (SSSR count). The zero-order chi connectivity index (χ0) is 17.6. The van der Waals surface area contributed by atoms with Gasteiger partial charge >= 0.3 is 0 Å². The molecule has 6 nitrogen and oxygen atoms in total. The molecular formula is C19H16N4O2. The van der Waals surface area contributed by atoms with Gasteiger partial charge in [0.25, 0.3) is 11.8 Å². The van der Waals surface area contributed by atoms with Gasteiger partial charge in [-0.2, -0.15) is 0 Å². The lowest BCUT2D eigenvalue weighted by molar-refractivity contribution is 0.0846. The van der Waals surface area contributed by atoms with Crippen molar-refractivity contribution in [2.24, 2.45) is 0 Å². The number of nitrogens with zero attached hydrogens (tertiary/aromatic N) is 2. The molecule has 124 valence electrons. The number of rotatable bonds is 3. The van der Waals surface area contributed by atoms with Gasteiger partial charge in [0.1, 0.15) is 0 Å². The first kappa shape index (κ1) is 16.3. The third-order valence-electron chi connectivity index (χ3n) is 3.61. The number of aromatic nitrogens is 2. The van der Waals surface area contributed by atoms with Gasteiger partial charge in [0.15, 0.2) is 0 Å². The number of carbonyl (C=O) groups excluding carboxylic acids is 2. The Morgan fingerprint density at radius 2 is 1.64 bits per heavy atom. The van der Waals surface area contributed by atoms with Crippen LogP contribution in [0.3, 0.4) is 0 Å². The number of benzene rings is 1. The lowest BCUT2D eigenvalue weighted by atomic mass is 10.1. The molecule has 6 heteroatoms. The molecule has 0 radical (unpaired) electrons. The van der Waals surface area contributed by atoms with Crippen LogP contribution in [0.4, 0.5) is 0 Å². The molecule has 3 aromatic rings. The molecule has 0 aliphatic heterocycles. The van der Waals surface area contributed by atoms with Crippen molar-refractivity contribution in [3.05, 3.63) is 83.8 Å². The van der Waals surface area contributed by atoms with Crippen molar-refractivity contribution in [2.75, 3.05) is 0 Å². The Hall–Kier alpha value is -3.54. The third-order valence-corrected chi connectivity index (χ3v) is 3.61. The Morgan fingerprint density at radius 3 is 2.32 bits per heavy atom. The average Bonchev–Trinajstić information content (AvgIpc) is 2.67. The number of pyridine rings is 2. The summed E-state index contributed by atoms with van der Waals surface area (Å²) in [5.74, 6) is -0.866. The predicted molar refractivity (Wildman–Crippen MR) is 93.6 cm³/mol. The summed E-state index contributed by atoms with van der Waals surface area (Å²) in [7, 11) is 0. The average molecular weight is 332 g/mol. The predicted octanol–water partition coefficient (Wildman–Crippen LogP) is 2.53. The summed E-state index contributed by atoms with van der Waals surface area (Å²) in [5.41, 5.74) is 7.85. The van der Waals surface area contributed by atoms with E-state index in [0.29, 0.717) is 16.8 Å². The molecule has 0 aliphatic rings. The van der Waals surface area contributed by atoms with E-state index in [9.17, 15) is 9.59 Å². The highest BCUT2D eigenvalue weighted by Gasteiger charge is 2.13. The van der Waals surface area contributed by atoms with Crippen molar-refractivity contribution < 1.29 is 9.59 Å². The summed E-state index contributed by atoms with van der Waals surface area (Å²) in [6.45, 7) is 1.75. The molecule has 0 aliphatic carbocycles. The number of hydrazine groups is 1.